The lowest BCUT2D eigenvalue weighted by Gasteiger charge is -2.32. The number of benzene rings is 3. The second-order valence-corrected chi connectivity index (χ2v) is 9.45. The monoisotopic (exact) mass is 480 g/mol. The molecule has 1 amide bonds. The third-order valence-corrected chi connectivity index (χ3v) is 7.28. The van der Waals surface area contributed by atoms with E-state index in [1.165, 1.54) is 5.56 Å². The summed E-state index contributed by atoms with van der Waals surface area (Å²) in [6.45, 7) is 3.92. The van der Waals surface area contributed by atoms with Crippen molar-refractivity contribution in [3.8, 4) is 11.1 Å². The molecule has 0 spiro atoms. The molecule has 1 aliphatic rings. The zero-order valence-electron chi connectivity index (χ0n) is 18.8. The Bertz CT molecular complexity index is 1050. The molecule has 3 aromatic rings. The van der Waals surface area contributed by atoms with Gasteiger partial charge in [0.05, 0.1) is 10.0 Å². The maximum atomic E-state index is 12.4. The van der Waals surface area contributed by atoms with Crippen LogP contribution < -0.4 is 5.32 Å². The van der Waals surface area contributed by atoms with E-state index in [4.69, 9.17) is 23.2 Å². The molecule has 5 heteroatoms. The normalized spacial score (nSPS) is 14.8. The summed E-state index contributed by atoms with van der Waals surface area (Å²) in [5, 5.41) is 4.41. The van der Waals surface area contributed by atoms with Crippen LogP contribution in [-0.4, -0.2) is 37.0 Å². The molecule has 33 heavy (non-hydrogen) atoms. The number of rotatable bonds is 8. The van der Waals surface area contributed by atoms with E-state index in [1.807, 2.05) is 54.6 Å². The van der Waals surface area contributed by atoms with Gasteiger partial charge in [-0.1, -0.05) is 77.8 Å². The molecule has 0 aromatic heterocycles. The lowest BCUT2D eigenvalue weighted by Crippen LogP contribution is -2.34. The van der Waals surface area contributed by atoms with Crippen LogP contribution in [0.2, 0.25) is 10.0 Å². The zero-order chi connectivity index (χ0) is 23.0. The highest BCUT2D eigenvalue weighted by Crippen LogP contribution is 2.36. The predicted molar refractivity (Wildman–Crippen MR) is 138 cm³/mol. The highest BCUT2D eigenvalue weighted by atomic mass is 35.5. The molecule has 1 N–H and O–H groups in total. The minimum atomic E-state index is -0.00572. The Morgan fingerprint density at radius 1 is 0.848 bits per heavy atom. The third-order valence-electron chi connectivity index (χ3n) is 6.45. The largest absolute Gasteiger partial charge is 0.352 e. The number of nitrogens with one attached hydrogen (secondary N) is 1. The van der Waals surface area contributed by atoms with Crippen LogP contribution >= 0.6 is 23.2 Å². The lowest BCUT2D eigenvalue weighted by atomic mass is 9.89. The first-order valence-electron chi connectivity index (χ1n) is 11.7. The van der Waals surface area contributed by atoms with Gasteiger partial charge in [-0.2, -0.15) is 0 Å². The van der Waals surface area contributed by atoms with Crippen LogP contribution in [0.15, 0.2) is 72.8 Å². The van der Waals surface area contributed by atoms with Crippen LogP contribution in [0.25, 0.3) is 11.1 Å². The molecule has 0 radical (unpaired) electrons. The molecule has 172 valence electrons. The van der Waals surface area contributed by atoms with Crippen molar-refractivity contribution in [1.29, 1.82) is 0 Å². The summed E-state index contributed by atoms with van der Waals surface area (Å²) in [6.07, 6.45) is 4.27. The van der Waals surface area contributed by atoms with E-state index in [1.54, 1.807) is 0 Å². The summed E-state index contributed by atoms with van der Waals surface area (Å²) in [7, 11) is 0. The molecule has 4 rings (SSSR count). The van der Waals surface area contributed by atoms with E-state index in [-0.39, 0.29) is 5.91 Å². The van der Waals surface area contributed by atoms with Gasteiger partial charge in [0, 0.05) is 12.1 Å². The second-order valence-electron chi connectivity index (χ2n) is 8.67. The standard InChI is InChI=1S/C28H30Cl2N2O/c29-26-10-6-9-25(27(26)30)23-15-19-32(20-16-23)18-5-4-17-31-28(33)24-13-11-22(12-14-24)21-7-2-1-3-8-21/h1-3,6-14,23H,4-5,15-20H2,(H,31,33). The fourth-order valence-corrected chi connectivity index (χ4v) is 4.97. The fourth-order valence-electron chi connectivity index (χ4n) is 4.51. The van der Waals surface area contributed by atoms with Crippen molar-refractivity contribution < 1.29 is 4.79 Å². The van der Waals surface area contributed by atoms with Crippen molar-refractivity contribution in [3.63, 3.8) is 0 Å². The number of unbranched alkanes of at least 4 members (excludes halogenated alkanes) is 1. The summed E-state index contributed by atoms with van der Waals surface area (Å²) in [4.78, 5) is 15.0. The van der Waals surface area contributed by atoms with Gasteiger partial charge in [-0.25, -0.2) is 0 Å². The van der Waals surface area contributed by atoms with Gasteiger partial charge in [0.25, 0.3) is 5.91 Å². The zero-order valence-corrected chi connectivity index (χ0v) is 20.3. The molecule has 0 atom stereocenters. The maximum Gasteiger partial charge on any atom is 0.251 e. The molecule has 0 saturated carbocycles. The lowest BCUT2D eigenvalue weighted by molar-refractivity contribution is 0.0952. The first-order valence-corrected chi connectivity index (χ1v) is 12.5. The van der Waals surface area contributed by atoms with E-state index in [0.29, 0.717) is 28.1 Å². The Morgan fingerprint density at radius 3 is 2.27 bits per heavy atom. The fraction of sp³-hybridized carbons (Fsp3) is 0.321. The maximum absolute atomic E-state index is 12.4. The van der Waals surface area contributed by atoms with E-state index < -0.39 is 0 Å². The number of carbonyl (C=O) groups is 1. The van der Waals surface area contributed by atoms with E-state index >= 15 is 0 Å². The Kier molecular flexibility index (Phi) is 8.44. The van der Waals surface area contributed by atoms with Crippen molar-refractivity contribution >= 4 is 29.1 Å². The van der Waals surface area contributed by atoms with Gasteiger partial charge in [-0.3, -0.25) is 4.79 Å². The van der Waals surface area contributed by atoms with Crippen LogP contribution in [-0.2, 0) is 0 Å². The molecular weight excluding hydrogens is 451 g/mol. The van der Waals surface area contributed by atoms with Gasteiger partial charge in [0.1, 0.15) is 0 Å². The van der Waals surface area contributed by atoms with Gasteiger partial charge < -0.3 is 10.2 Å². The number of carbonyl (C=O) groups excluding carboxylic acids is 1. The minimum absolute atomic E-state index is 0.00572. The van der Waals surface area contributed by atoms with Gasteiger partial charge in [-0.05, 0) is 86.1 Å². The number of nitrogens with zero attached hydrogens (tertiary/aromatic N) is 1. The Hall–Kier alpha value is -2.33. The summed E-state index contributed by atoms with van der Waals surface area (Å²) in [5.74, 6) is 0.480. The quantitative estimate of drug-likeness (QED) is 0.350. The number of likely N-dealkylation sites (tertiary alicyclic amines) is 1. The van der Waals surface area contributed by atoms with Crippen LogP contribution in [0.1, 0.15) is 47.5 Å². The molecule has 1 heterocycles. The Labute approximate surface area is 206 Å². The van der Waals surface area contributed by atoms with Gasteiger partial charge in [-0.15, -0.1) is 0 Å². The SMILES string of the molecule is O=C(NCCCCN1CCC(c2cccc(Cl)c2Cl)CC1)c1ccc(-c2ccccc2)cc1. The van der Waals surface area contributed by atoms with Crippen LogP contribution in [0.3, 0.4) is 0 Å². The van der Waals surface area contributed by atoms with E-state index in [0.717, 1.165) is 56.4 Å². The smallest absolute Gasteiger partial charge is 0.251 e. The Balaban J connectivity index is 1.14. The topological polar surface area (TPSA) is 32.3 Å². The van der Waals surface area contributed by atoms with Crippen LogP contribution in [0.4, 0.5) is 0 Å². The number of piperidine rings is 1. The number of amides is 1. The summed E-state index contributed by atoms with van der Waals surface area (Å²) in [5.41, 5.74) is 4.16. The van der Waals surface area contributed by atoms with Gasteiger partial charge >= 0.3 is 0 Å². The van der Waals surface area contributed by atoms with Crippen molar-refractivity contribution in [3.05, 3.63) is 94.0 Å². The summed E-state index contributed by atoms with van der Waals surface area (Å²) in [6, 6.07) is 23.9. The predicted octanol–water partition coefficient (Wildman–Crippen LogP) is 7.05. The van der Waals surface area contributed by atoms with E-state index in [9.17, 15) is 4.79 Å². The molecule has 1 saturated heterocycles. The average molecular weight is 481 g/mol. The van der Waals surface area contributed by atoms with Crippen LogP contribution in [0.5, 0.6) is 0 Å². The number of hydrogen-bond donors (Lipinski definition) is 1. The average Bonchev–Trinajstić information content (AvgIpc) is 2.86. The molecular formula is C28H30Cl2N2O. The number of halogens is 2. The molecule has 3 nitrogen and oxygen atoms in total. The van der Waals surface area contributed by atoms with Crippen molar-refractivity contribution in [2.45, 2.75) is 31.6 Å². The van der Waals surface area contributed by atoms with Crippen molar-refractivity contribution in [2.75, 3.05) is 26.2 Å². The molecule has 0 unspecified atom stereocenters. The van der Waals surface area contributed by atoms with Gasteiger partial charge in [0.15, 0.2) is 0 Å². The second kappa shape index (κ2) is 11.7. The molecule has 3 aromatic carbocycles. The van der Waals surface area contributed by atoms with Crippen molar-refractivity contribution in [1.82, 2.24) is 10.2 Å². The highest BCUT2D eigenvalue weighted by Gasteiger charge is 2.22. The van der Waals surface area contributed by atoms with Crippen molar-refractivity contribution in [2.24, 2.45) is 0 Å². The Morgan fingerprint density at radius 2 is 1.55 bits per heavy atom. The van der Waals surface area contributed by atoms with Gasteiger partial charge in [0.2, 0.25) is 0 Å². The summed E-state index contributed by atoms with van der Waals surface area (Å²) >= 11 is 12.6. The van der Waals surface area contributed by atoms with Crippen LogP contribution in [0, 0.1) is 0 Å². The molecule has 0 aliphatic carbocycles. The number of hydrogen-bond acceptors (Lipinski definition) is 2. The third kappa shape index (κ3) is 6.38. The highest BCUT2D eigenvalue weighted by molar-refractivity contribution is 6.42. The first kappa shape index (κ1) is 23.8. The molecule has 1 aliphatic heterocycles. The molecule has 0 bridgehead atoms. The first-order chi connectivity index (χ1) is 16.1. The van der Waals surface area contributed by atoms with E-state index in [2.05, 4.69) is 28.4 Å². The summed E-state index contributed by atoms with van der Waals surface area (Å²) < 4.78 is 0. The molecule has 1 fully saturated rings. The minimum Gasteiger partial charge on any atom is -0.352 e.